The van der Waals surface area contributed by atoms with Gasteiger partial charge in [-0.3, -0.25) is 9.59 Å². The lowest BCUT2D eigenvalue weighted by molar-refractivity contribution is -0.127. The highest BCUT2D eigenvalue weighted by atomic mass is 32.1. The van der Waals surface area contributed by atoms with Gasteiger partial charge in [0.2, 0.25) is 5.91 Å². The molecule has 0 bridgehead atoms. The van der Waals surface area contributed by atoms with Gasteiger partial charge in [0.15, 0.2) is 0 Å². The smallest absolute Gasteiger partial charge is 0.255 e. The molecule has 0 saturated carbocycles. The average Bonchev–Trinajstić information content (AvgIpc) is 2.92. The standard InChI is InChI=1S/C14H17N3O2S/c1-2-12-13(18)16-6-7-17(12)14(19)10-8-11(20-9-10)4-3-5-15/h8-9,12H,2,5-7,15H2,1H3,(H,16,18). The topological polar surface area (TPSA) is 75.4 Å². The van der Waals surface area contributed by atoms with Gasteiger partial charge < -0.3 is 16.0 Å². The Morgan fingerprint density at radius 3 is 3.15 bits per heavy atom. The summed E-state index contributed by atoms with van der Waals surface area (Å²) in [5, 5.41) is 4.57. The van der Waals surface area contributed by atoms with E-state index in [-0.39, 0.29) is 17.9 Å². The lowest BCUT2D eigenvalue weighted by Gasteiger charge is -2.34. The Balaban J connectivity index is 2.17. The van der Waals surface area contributed by atoms with Crippen molar-refractivity contribution >= 4 is 23.2 Å². The van der Waals surface area contributed by atoms with E-state index < -0.39 is 0 Å². The molecule has 5 nitrogen and oxygen atoms in total. The van der Waals surface area contributed by atoms with Crippen molar-refractivity contribution in [3.05, 3.63) is 21.9 Å². The number of nitrogens with two attached hydrogens (primary N) is 1. The first-order valence-corrected chi connectivity index (χ1v) is 7.41. The summed E-state index contributed by atoms with van der Waals surface area (Å²) in [5.74, 6) is 5.49. The first-order valence-electron chi connectivity index (χ1n) is 6.53. The number of rotatable bonds is 2. The largest absolute Gasteiger partial charge is 0.353 e. The van der Waals surface area contributed by atoms with E-state index in [4.69, 9.17) is 5.73 Å². The Morgan fingerprint density at radius 1 is 1.65 bits per heavy atom. The second-order valence-electron chi connectivity index (χ2n) is 4.42. The number of carbonyl (C=O) groups excluding carboxylic acids is 2. The molecule has 1 saturated heterocycles. The normalized spacial score (nSPS) is 18.2. The number of hydrogen-bond donors (Lipinski definition) is 2. The third kappa shape index (κ3) is 3.00. The molecule has 6 heteroatoms. The Bertz CT molecular complexity index is 570. The number of thiophene rings is 1. The second-order valence-corrected chi connectivity index (χ2v) is 5.33. The minimum absolute atomic E-state index is 0.0783. The molecular formula is C14H17N3O2S. The van der Waals surface area contributed by atoms with Crippen LogP contribution in [0, 0.1) is 11.8 Å². The van der Waals surface area contributed by atoms with E-state index in [9.17, 15) is 9.59 Å². The zero-order chi connectivity index (χ0) is 14.5. The van der Waals surface area contributed by atoms with Crippen LogP contribution in [0.5, 0.6) is 0 Å². The molecular weight excluding hydrogens is 274 g/mol. The summed E-state index contributed by atoms with van der Waals surface area (Å²) in [6.45, 7) is 3.25. The number of nitrogens with zero attached hydrogens (tertiary/aromatic N) is 1. The Labute approximate surface area is 122 Å². The summed E-state index contributed by atoms with van der Waals surface area (Å²) in [4.78, 5) is 26.7. The van der Waals surface area contributed by atoms with E-state index in [1.807, 2.05) is 6.92 Å². The lowest BCUT2D eigenvalue weighted by Crippen LogP contribution is -2.56. The van der Waals surface area contributed by atoms with Crippen LogP contribution >= 0.6 is 11.3 Å². The van der Waals surface area contributed by atoms with Crippen LogP contribution < -0.4 is 11.1 Å². The first kappa shape index (κ1) is 14.6. The molecule has 2 amide bonds. The van der Waals surface area contributed by atoms with Gasteiger partial charge in [-0.05, 0) is 12.5 Å². The molecule has 1 fully saturated rings. The molecule has 2 heterocycles. The molecule has 0 aliphatic carbocycles. The monoisotopic (exact) mass is 291 g/mol. The Kier molecular flexibility index (Phi) is 4.77. The van der Waals surface area contributed by atoms with Crippen LogP contribution in [0.1, 0.15) is 28.6 Å². The van der Waals surface area contributed by atoms with Crippen molar-refractivity contribution in [1.29, 1.82) is 0 Å². The van der Waals surface area contributed by atoms with E-state index in [0.29, 0.717) is 31.6 Å². The number of amides is 2. The molecule has 0 aromatic carbocycles. The van der Waals surface area contributed by atoms with E-state index in [2.05, 4.69) is 17.2 Å². The molecule has 1 atom stereocenters. The van der Waals surface area contributed by atoms with Gasteiger partial charge >= 0.3 is 0 Å². The van der Waals surface area contributed by atoms with Crippen molar-refractivity contribution < 1.29 is 9.59 Å². The fraction of sp³-hybridized carbons (Fsp3) is 0.429. The average molecular weight is 291 g/mol. The van der Waals surface area contributed by atoms with Gasteiger partial charge in [-0.25, -0.2) is 0 Å². The second kappa shape index (κ2) is 6.55. The molecule has 1 aliphatic rings. The van der Waals surface area contributed by atoms with Gasteiger partial charge in [0.05, 0.1) is 17.0 Å². The molecule has 1 aliphatic heterocycles. The molecule has 0 radical (unpaired) electrons. The summed E-state index contributed by atoms with van der Waals surface area (Å²) < 4.78 is 0. The molecule has 106 valence electrons. The summed E-state index contributed by atoms with van der Waals surface area (Å²) in [6.07, 6.45) is 0.613. The van der Waals surface area contributed by atoms with Gasteiger partial charge in [0.1, 0.15) is 6.04 Å². The zero-order valence-corrected chi connectivity index (χ0v) is 12.1. The fourth-order valence-electron chi connectivity index (χ4n) is 2.18. The predicted octanol–water partition coefficient (Wildman–Crippen LogP) is 0.409. The molecule has 1 aromatic heterocycles. The van der Waals surface area contributed by atoms with Crippen LogP contribution in [-0.2, 0) is 4.79 Å². The highest BCUT2D eigenvalue weighted by Crippen LogP contribution is 2.18. The zero-order valence-electron chi connectivity index (χ0n) is 11.3. The van der Waals surface area contributed by atoms with E-state index >= 15 is 0 Å². The quantitative estimate of drug-likeness (QED) is 0.775. The maximum Gasteiger partial charge on any atom is 0.255 e. The van der Waals surface area contributed by atoms with Gasteiger partial charge in [-0.15, -0.1) is 11.3 Å². The molecule has 20 heavy (non-hydrogen) atoms. The molecule has 3 N–H and O–H groups in total. The molecule has 1 unspecified atom stereocenters. The third-order valence-corrected chi connectivity index (χ3v) is 3.98. The van der Waals surface area contributed by atoms with Crippen LogP contribution in [-0.4, -0.2) is 42.4 Å². The number of piperazine rings is 1. The molecule has 0 spiro atoms. The SMILES string of the molecule is CCC1C(=O)NCCN1C(=O)c1csc(C#CCN)c1. The van der Waals surface area contributed by atoms with Crippen molar-refractivity contribution in [1.82, 2.24) is 10.2 Å². The van der Waals surface area contributed by atoms with Crippen LogP contribution in [0.3, 0.4) is 0 Å². The Hall–Kier alpha value is -1.84. The van der Waals surface area contributed by atoms with Crippen molar-refractivity contribution in [2.75, 3.05) is 19.6 Å². The van der Waals surface area contributed by atoms with Gasteiger partial charge in [-0.2, -0.15) is 0 Å². The van der Waals surface area contributed by atoms with Crippen molar-refractivity contribution in [2.45, 2.75) is 19.4 Å². The van der Waals surface area contributed by atoms with Crippen molar-refractivity contribution in [3.63, 3.8) is 0 Å². The molecule has 2 rings (SSSR count). The summed E-state index contributed by atoms with van der Waals surface area (Å²) in [6, 6.07) is 1.38. The van der Waals surface area contributed by atoms with Crippen LogP contribution in [0.25, 0.3) is 0 Å². The number of nitrogens with one attached hydrogen (secondary N) is 1. The third-order valence-electron chi connectivity index (χ3n) is 3.14. The van der Waals surface area contributed by atoms with E-state index in [1.165, 1.54) is 11.3 Å². The minimum Gasteiger partial charge on any atom is -0.353 e. The predicted molar refractivity (Wildman–Crippen MR) is 78.4 cm³/mol. The van der Waals surface area contributed by atoms with Crippen LogP contribution in [0.15, 0.2) is 11.4 Å². The summed E-state index contributed by atoms with van der Waals surface area (Å²) in [7, 11) is 0. The highest BCUT2D eigenvalue weighted by Gasteiger charge is 2.32. The molecule has 1 aromatic rings. The van der Waals surface area contributed by atoms with Gasteiger partial charge in [0.25, 0.3) is 5.91 Å². The summed E-state index contributed by atoms with van der Waals surface area (Å²) in [5.41, 5.74) is 5.91. The van der Waals surface area contributed by atoms with Crippen LogP contribution in [0.2, 0.25) is 0 Å². The highest BCUT2D eigenvalue weighted by molar-refractivity contribution is 7.10. The number of hydrogen-bond acceptors (Lipinski definition) is 4. The maximum absolute atomic E-state index is 12.5. The Morgan fingerprint density at radius 2 is 2.45 bits per heavy atom. The summed E-state index contributed by atoms with van der Waals surface area (Å²) >= 11 is 1.41. The van der Waals surface area contributed by atoms with Crippen molar-refractivity contribution in [3.8, 4) is 11.8 Å². The van der Waals surface area contributed by atoms with E-state index in [0.717, 1.165) is 4.88 Å². The maximum atomic E-state index is 12.5. The fourth-order valence-corrected chi connectivity index (χ4v) is 2.93. The van der Waals surface area contributed by atoms with Gasteiger partial charge in [-0.1, -0.05) is 18.8 Å². The number of carbonyl (C=O) groups is 2. The van der Waals surface area contributed by atoms with Crippen molar-refractivity contribution in [2.24, 2.45) is 5.73 Å². The van der Waals surface area contributed by atoms with Crippen LogP contribution in [0.4, 0.5) is 0 Å². The van der Waals surface area contributed by atoms with Gasteiger partial charge in [0, 0.05) is 18.5 Å². The minimum atomic E-state index is -0.380. The van der Waals surface area contributed by atoms with E-state index in [1.54, 1.807) is 16.3 Å². The lowest BCUT2D eigenvalue weighted by atomic mass is 10.1. The first-order chi connectivity index (χ1) is 9.67.